The van der Waals surface area contributed by atoms with Crippen molar-refractivity contribution < 1.29 is 35.1 Å². The average Bonchev–Trinajstić information content (AvgIpc) is 3.30. The van der Waals surface area contributed by atoms with E-state index < -0.39 is 64.8 Å². The zero-order chi connectivity index (χ0) is 43.9. The Morgan fingerprint density at radius 3 is 0.984 bits per heavy atom. The van der Waals surface area contributed by atoms with Crippen molar-refractivity contribution in [1.29, 1.82) is 0 Å². The van der Waals surface area contributed by atoms with Gasteiger partial charge in [-0.05, 0) is 106 Å². The molecule has 0 atom stereocenters. The lowest BCUT2D eigenvalue weighted by molar-refractivity contribution is 0.404. The van der Waals surface area contributed by atoms with Gasteiger partial charge >= 0.3 is 0 Å². The summed E-state index contributed by atoms with van der Waals surface area (Å²) < 4.78 is 109. The standard InChI is InChI=1S/2C25H10F4IN/c2*26-21-19(25(30)24(29)23(28)22(21)27)14-11-16-6-2-1-5-15(16)9-12-18-13-10-17-7-3-4-8-20(17)31-18/h2*1-8,10,13H. The number of nitrogens with zero attached hydrogens (tertiary/aromatic N) is 2. The molecule has 0 bridgehead atoms. The lowest BCUT2D eigenvalue weighted by Crippen LogP contribution is -2.03. The summed E-state index contributed by atoms with van der Waals surface area (Å²) in [6.45, 7) is 0. The first-order valence-corrected chi connectivity index (χ1v) is 20.1. The van der Waals surface area contributed by atoms with Crippen LogP contribution in [-0.4, -0.2) is 9.97 Å². The van der Waals surface area contributed by atoms with Gasteiger partial charge in [0.25, 0.3) is 0 Å². The van der Waals surface area contributed by atoms with Gasteiger partial charge in [-0.2, -0.15) is 0 Å². The SMILES string of the molecule is Fc1c(F)c(F)c(C#Cc2ccccc2C#Cc2ccc3ccccc3n2)c(I)c1F.Fc1c(F)c(F)c(C#Cc2ccccc2C#Cc2ccc3ccccc3n2)c(I)c1F. The first kappa shape index (κ1) is 43.4. The van der Waals surface area contributed by atoms with Crippen molar-refractivity contribution in [3.8, 4) is 47.4 Å². The van der Waals surface area contributed by atoms with Gasteiger partial charge in [-0.3, -0.25) is 0 Å². The number of hydrogen-bond acceptors (Lipinski definition) is 2. The third kappa shape index (κ3) is 9.58. The van der Waals surface area contributed by atoms with E-state index in [1.165, 1.54) is 45.2 Å². The number of hydrogen-bond donors (Lipinski definition) is 0. The fourth-order valence-electron chi connectivity index (χ4n) is 5.63. The summed E-state index contributed by atoms with van der Waals surface area (Å²) in [5.74, 6) is 8.54. The van der Waals surface area contributed by atoms with Crippen LogP contribution < -0.4 is 0 Å². The molecule has 8 rings (SSSR count). The second kappa shape index (κ2) is 19.3. The second-order valence-corrected chi connectivity index (χ2v) is 14.9. The van der Waals surface area contributed by atoms with Gasteiger partial charge in [0.1, 0.15) is 11.4 Å². The van der Waals surface area contributed by atoms with Crippen LogP contribution in [0, 0.1) is 101 Å². The second-order valence-electron chi connectivity index (χ2n) is 12.8. The normalized spacial score (nSPS) is 10.2. The Bertz CT molecular complexity index is 3080. The summed E-state index contributed by atoms with van der Waals surface area (Å²) in [5, 5.41) is 1.99. The number of benzene rings is 6. The van der Waals surface area contributed by atoms with E-state index in [4.69, 9.17) is 0 Å². The van der Waals surface area contributed by atoms with Gasteiger partial charge < -0.3 is 0 Å². The van der Waals surface area contributed by atoms with Gasteiger partial charge in [0.2, 0.25) is 0 Å². The maximum atomic E-state index is 14.1. The topological polar surface area (TPSA) is 25.8 Å². The van der Waals surface area contributed by atoms with Crippen LogP contribution in [0.2, 0.25) is 0 Å². The number of rotatable bonds is 0. The highest BCUT2D eigenvalue weighted by Crippen LogP contribution is 2.27. The molecule has 0 radical (unpaired) electrons. The fourth-order valence-corrected chi connectivity index (χ4v) is 6.84. The minimum absolute atomic E-state index is 0.426. The van der Waals surface area contributed by atoms with Crippen LogP contribution in [0.1, 0.15) is 44.8 Å². The number of pyridine rings is 2. The third-order valence-electron chi connectivity index (χ3n) is 8.77. The van der Waals surface area contributed by atoms with Crippen LogP contribution in [0.3, 0.4) is 0 Å². The van der Waals surface area contributed by atoms with Crippen LogP contribution in [0.4, 0.5) is 35.1 Å². The summed E-state index contributed by atoms with van der Waals surface area (Å²) >= 11 is 2.79. The number of aromatic nitrogens is 2. The predicted octanol–water partition coefficient (Wildman–Crippen LogP) is 12.4. The van der Waals surface area contributed by atoms with E-state index >= 15 is 0 Å². The summed E-state index contributed by atoms with van der Waals surface area (Å²) in [4.78, 5) is 8.97. The first-order chi connectivity index (χ1) is 29.9. The highest BCUT2D eigenvalue weighted by atomic mass is 127. The van der Waals surface area contributed by atoms with Gasteiger partial charge in [-0.25, -0.2) is 45.1 Å². The van der Waals surface area contributed by atoms with E-state index in [9.17, 15) is 35.1 Å². The maximum absolute atomic E-state index is 14.1. The summed E-state index contributed by atoms with van der Waals surface area (Å²) in [6, 6.07) is 36.4. The molecule has 0 aliphatic carbocycles. The van der Waals surface area contributed by atoms with Crippen LogP contribution in [0.25, 0.3) is 21.8 Å². The van der Waals surface area contributed by atoms with Crippen molar-refractivity contribution in [3.63, 3.8) is 0 Å². The molecule has 8 aromatic rings. The molecule has 12 heteroatoms. The number of halogens is 10. The van der Waals surface area contributed by atoms with Gasteiger partial charge in [-0.1, -0.05) is 108 Å². The van der Waals surface area contributed by atoms with Crippen molar-refractivity contribution in [2.75, 3.05) is 0 Å². The fraction of sp³-hybridized carbons (Fsp3) is 0. The lowest BCUT2D eigenvalue weighted by Gasteiger charge is -2.04. The van der Waals surface area contributed by atoms with Crippen molar-refractivity contribution in [1.82, 2.24) is 9.97 Å². The minimum atomic E-state index is -1.89. The van der Waals surface area contributed by atoms with E-state index in [0.29, 0.717) is 33.6 Å². The molecule has 2 aromatic heterocycles. The van der Waals surface area contributed by atoms with Gasteiger partial charge in [0.05, 0.1) is 29.3 Å². The monoisotopic (exact) mass is 1050 g/mol. The largest absolute Gasteiger partial charge is 0.239 e. The Balaban J connectivity index is 0.000000186. The Morgan fingerprint density at radius 1 is 0.306 bits per heavy atom. The molecule has 0 N–H and O–H groups in total. The van der Waals surface area contributed by atoms with Gasteiger partial charge in [0, 0.05) is 33.0 Å². The molecule has 0 spiro atoms. The van der Waals surface area contributed by atoms with Crippen molar-refractivity contribution in [3.05, 3.63) is 220 Å². The molecule has 0 aliphatic heterocycles. The van der Waals surface area contributed by atoms with Crippen molar-refractivity contribution in [2.45, 2.75) is 0 Å². The summed E-state index contributed by atoms with van der Waals surface area (Å²) in [6.07, 6.45) is 0. The molecule has 62 heavy (non-hydrogen) atoms. The van der Waals surface area contributed by atoms with Crippen molar-refractivity contribution >= 4 is 67.0 Å². The zero-order valence-corrected chi connectivity index (χ0v) is 35.5. The van der Waals surface area contributed by atoms with Crippen LogP contribution in [-0.2, 0) is 0 Å². The van der Waals surface area contributed by atoms with E-state index in [0.717, 1.165) is 21.8 Å². The Morgan fingerprint density at radius 2 is 0.613 bits per heavy atom. The van der Waals surface area contributed by atoms with Gasteiger partial charge in [-0.15, -0.1) is 0 Å². The Hall–Kier alpha value is -6.72. The number of fused-ring (bicyclic) bond motifs is 2. The van der Waals surface area contributed by atoms with Crippen LogP contribution in [0.5, 0.6) is 0 Å². The van der Waals surface area contributed by atoms with E-state index in [1.54, 1.807) is 60.7 Å². The van der Waals surface area contributed by atoms with Crippen molar-refractivity contribution in [2.24, 2.45) is 0 Å². The van der Waals surface area contributed by atoms with E-state index in [1.807, 2.05) is 60.7 Å². The highest BCUT2D eigenvalue weighted by Gasteiger charge is 2.24. The molecule has 2 nitrogen and oxygen atoms in total. The van der Waals surface area contributed by atoms with Crippen LogP contribution in [0.15, 0.2) is 121 Å². The molecule has 0 aliphatic rings. The Kier molecular flexibility index (Phi) is 13.5. The smallest absolute Gasteiger partial charge is 0.198 e. The predicted molar refractivity (Wildman–Crippen MR) is 238 cm³/mol. The quantitative estimate of drug-likeness (QED) is 0.0497. The van der Waals surface area contributed by atoms with Crippen LogP contribution >= 0.6 is 45.2 Å². The van der Waals surface area contributed by atoms with E-state index in [2.05, 4.69) is 57.3 Å². The number of para-hydroxylation sites is 2. The maximum Gasteiger partial charge on any atom is 0.198 e. The molecule has 6 aromatic carbocycles. The zero-order valence-electron chi connectivity index (χ0n) is 31.2. The molecule has 2 heterocycles. The molecule has 0 unspecified atom stereocenters. The molecule has 0 saturated heterocycles. The molecule has 300 valence electrons. The highest BCUT2D eigenvalue weighted by molar-refractivity contribution is 14.1. The molecular weight excluding hydrogens is 1030 g/mol. The Labute approximate surface area is 376 Å². The minimum Gasteiger partial charge on any atom is -0.239 e. The molecule has 0 fully saturated rings. The summed E-state index contributed by atoms with van der Waals surface area (Å²) in [5.41, 5.74) is 3.57. The average molecular weight is 1050 g/mol. The lowest BCUT2D eigenvalue weighted by atomic mass is 10.1. The third-order valence-corrected chi connectivity index (χ3v) is 10.8. The molecular formula is C50H20F8I2N2. The molecule has 0 saturated carbocycles. The van der Waals surface area contributed by atoms with E-state index in [-0.39, 0.29) is 0 Å². The summed E-state index contributed by atoms with van der Waals surface area (Å²) in [7, 11) is 0. The first-order valence-electron chi connectivity index (χ1n) is 17.9. The molecule has 0 amide bonds. The van der Waals surface area contributed by atoms with Gasteiger partial charge in [0.15, 0.2) is 46.5 Å².